The molecule has 0 saturated carbocycles. The Hall–Kier alpha value is -0.950. The van der Waals surface area contributed by atoms with Gasteiger partial charge in [0.2, 0.25) is 5.91 Å². The molecule has 6 heteroatoms. The van der Waals surface area contributed by atoms with Crippen LogP contribution in [0.4, 0.5) is 0 Å². The van der Waals surface area contributed by atoms with Crippen molar-refractivity contribution in [2.24, 2.45) is 5.73 Å². The second-order valence-electron chi connectivity index (χ2n) is 5.15. The molecular weight excluding hydrogens is 274 g/mol. The smallest absolute Gasteiger partial charge is 0.236 e. The van der Waals surface area contributed by atoms with Crippen LogP contribution in [0.3, 0.4) is 0 Å². The molecule has 1 aromatic rings. The van der Waals surface area contributed by atoms with Gasteiger partial charge in [-0.25, -0.2) is 0 Å². The van der Waals surface area contributed by atoms with E-state index in [-0.39, 0.29) is 11.9 Å². The minimum atomic E-state index is -0.467. The van der Waals surface area contributed by atoms with Gasteiger partial charge in [0.15, 0.2) is 0 Å². The number of nitrogens with zero attached hydrogens (tertiary/aromatic N) is 1. The molecule has 1 unspecified atom stereocenters. The number of hydrogen-bond acceptors (Lipinski definition) is 5. The Balaban J connectivity index is 2.05. The lowest BCUT2D eigenvalue weighted by Gasteiger charge is -2.34. The van der Waals surface area contributed by atoms with Crippen molar-refractivity contribution in [2.45, 2.75) is 25.9 Å². The minimum absolute atomic E-state index is 0.100. The standard InChI is InChI=1S/C14H23N3O2S/c1-10-3-4-13(20-10)12(9-16-14(18)11(2)15)17-5-7-19-8-6-17/h3-4,11-12H,5-9,15H2,1-2H3,(H,16,18)/t11-,12?/m1/s1. The summed E-state index contributed by atoms with van der Waals surface area (Å²) in [7, 11) is 0. The van der Waals surface area contributed by atoms with E-state index in [2.05, 4.69) is 29.3 Å². The van der Waals surface area contributed by atoms with Crippen LogP contribution in [0.1, 0.15) is 22.7 Å². The molecule has 2 rings (SSSR count). The van der Waals surface area contributed by atoms with Gasteiger partial charge in [0.1, 0.15) is 0 Å². The second kappa shape index (κ2) is 7.17. The first-order valence-electron chi connectivity index (χ1n) is 6.99. The highest BCUT2D eigenvalue weighted by Crippen LogP contribution is 2.27. The van der Waals surface area contributed by atoms with Gasteiger partial charge in [-0.05, 0) is 26.0 Å². The van der Waals surface area contributed by atoms with Gasteiger partial charge in [-0.1, -0.05) is 0 Å². The molecular formula is C14H23N3O2S. The number of carbonyl (C=O) groups is 1. The Labute approximate surface area is 124 Å². The van der Waals surface area contributed by atoms with Crippen LogP contribution >= 0.6 is 11.3 Å². The second-order valence-corrected chi connectivity index (χ2v) is 6.47. The number of thiophene rings is 1. The number of aryl methyl sites for hydroxylation is 1. The van der Waals surface area contributed by atoms with Crippen LogP contribution in [0.25, 0.3) is 0 Å². The van der Waals surface area contributed by atoms with E-state index >= 15 is 0 Å². The zero-order valence-electron chi connectivity index (χ0n) is 12.1. The number of rotatable bonds is 5. The molecule has 1 fully saturated rings. The summed E-state index contributed by atoms with van der Waals surface area (Å²) in [5, 5.41) is 2.95. The van der Waals surface area contributed by atoms with Crippen LogP contribution in [-0.2, 0) is 9.53 Å². The highest BCUT2D eigenvalue weighted by atomic mass is 32.1. The SMILES string of the molecule is Cc1ccc(C(CNC(=O)[C@@H](C)N)N2CCOCC2)s1. The maximum absolute atomic E-state index is 11.7. The lowest BCUT2D eigenvalue weighted by atomic mass is 10.1. The first-order chi connectivity index (χ1) is 9.58. The van der Waals surface area contributed by atoms with Gasteiger partial charge in [0, 0.05) is 29.4 Å². The molecule has 1 saturated heterocycles. The Kier molecular flexibility index (Phi) is 5.54. The average Bonchev–Trinajstić information content (AvgIpc) is 2.86. The summed E-state index contributed by atoms with van der Waals surface area (Å²) >= 11 is 1.78. The topological polar surface area (TPSA) is 67.6 Å². The Bertz CT molecular complexity index is 441. The van der Waals surface area contributed by atoms with Crippen molar-refractivity contribution in [1.82, 2.24) is 10.2 Å². The van der Waals surface area contributed by atoms with Crippen LogP contribution in [-0.4, -0.2) is 49.7 Å². The maximum Gasteiger partial charge on any atom is 0.236 e. The van der Waals surface area contributed by atoms with Gasteiger partial charge in [0.25, 0.3) is 0 Å². The molecule has 3 N–H and O–H groups in total. The zero-order valence-corrected chi connectivity index (χ0v) is 12.9. The van der Waals surface area contributed by atoms with Crippen LogP contribution in [0, 0.1) is 6.92 Å². The van der Waals surface area contributed by atoms with E-state index in [0.29, 0.717) is 6.54 Å². The summed E-state index contributed by atoms with van der Waals surface area (Å²) in [6.07, 6.45) is 0. The molecule has 0 bridgehead atoms. The van der Waals surface area contributed by atoms with Crippen molar-refractivity contribution in [3.8, 4) is 0 Å². The lowest BCUT2D eigenvalue weighted by Crippen LogP contribution is -2.46. The van der Waals surface area contributed by atoms with Gasteiger partial charge in [-0.2, -0.15) is 0 Å². The van der Waals surface area contributed by atoms with Crippen LogP contribution in [0.5, 0.6) is 0 Å². The Morgan fingerprint density at radius 3 is 2.75 bits per heavy atom. The molecule has 0 radical (unpaired) electrons. The molecule has 1 aliphatic heterocycles. The van der Waals surface area contributed by atoms with Gasteiger partial charge in [0.05, 0.1) is 25.3 Å². The molecule has 112 valence electrons. The highest BCUT2D eigenvalue weighted by molar-refractivity contribution is 7.12. The van der Waals surface area contributed by atoms with E-state index < -0.39 is 6.04 Å². The lowest BCUT2D eigenvalue weighted by molar-refractivity contribution is -0.122. The van der Waals surface area contributed by atoms with Crippen LogP contribution in [0.15, 0.2) is 12.1 Å². The largest absolute Gasteiger partial charge is 0.379 e. The normalized spacial score (nSPS) is 19.6. The third-order valence-electron chi connectivity index (χ3n) is 3.46. The third-order valence-corrected chi connectivity index (χ3v) is 4.56. The summed E-state index contributed by atoms with van der Waals surface area (Å²) in [5.74, 6) is -0.100. The van der Waals surface area contributed by atoms with E-state index in [1.807, 2.05) is 0 Å². The first kappa shape index (κ1) is 15.4. The molecule has 0 aromatic carbocycles. The molecule has 1 aliphatic rings. The molecule has 1 amide bonds. The summed E-state index contributed by atoms with van der Waals surface area (Å²) in [4.78, 5) is 16.6. The first-order valence-corrected chi connectivity index (χ1v) is 7.81. The predicted molar refractivity (Wildman–Crippen MR) is 80.8 cm³/mol. The molecule has 5 nitrogen and oxygen atoms in total. The number of morpholine rings is 1. The molecule has 2 atom stereocenters. The fraction of sp³-hybridized carbons (Fsp3) is 0.643. The number of amides is 1. The van der Waals surface area contributed by atoms with E-state index in [9.17, 15) is 4.79 Å². The molecule has 2 heterocycles. The molecule has 0 spiro atoms. The van der Waals surface area contributed by atoms with Crippen LogP contribution < -0.4 is 11.1 Å². The summed E-state index contributed by atoms with van der Waals surface area (Å²) in [6, 6.07) is 4.02. The summed E-state index contributed by atoms with van der Waals surface area (Å²) in [5.41, 5.74) is 5.60. The van der Waals surface area contributed by atoms with Crippen molar-refractivity contribution in [3.63, 3.8) is 0 Å². The average molecular weight is 297 g/mol. The van der Waals surface area contributed by atoms with E-state index in [1.54, 1.807) is 18.3 Å². The minimum Gasteiger partial charge on any atom is -0.379 e. The predicted octanol–water partition coefficient (Wildman–Crippen LogP) is 0.893. The van der Waals surface area contributed by atoms with E-state index in [0.717, 1.165) is 26.3 Å². The van der Waals surface area contributed by atoms with Crippen molar-refractivity contribution >= 4 is 17.2 Å². The fourth-order valence-electron chi connectivity index (χ4n) is 2.29. The third kappa shape index (κ3) is 4.02. The maximum atomic E-state index is 11.7. The van der Waals surface area contributed by atoms with E-state index in [4.69, 9.17) is 10.5 Å². The van der Waals surface area contributed by atoms with E-state index in [1.165, 1.54) is 9.75 Å². The fourth-order valence-corrected chi connectivity index (χ4v) is 3.30. The zero-order chi connectivity index (χ0) is 14.5. The van der Waals surface area contributed by atoms with Gasteiger partial charge in [-0.3, -0.25) is 9.69 Å². The quantitative estimate of drug-likeness (QED) is 0.847. The number of nitrogens with two attached hydrogens (primary N) is 1. The number of hydrogen-bond donors (Lipinski definition) is 2. The highest BCUT2D eigenvalue weighted by Gasteiger charge is 2.24. The van der Waals surface area contributed by atoms with Gasteiger partial charge in [-0.15, -0.1) is 11.3 Å². The summed E-state index contributed by atoms with van der Waals surface area (Å²) < 4.78 is 5.41. The Morgan fingerprint density at radius 1 is 1.50 bits per heavy atom. The Morgan fingerprint density at radius 2 is 2.20 bits per heavy atom. The van der Waals surface area contributed by atoms with Crippen LogP contribution in [0.2, 0.25) is 0 Å². The number of carbonyl (C=O) groups excluding carboxylic acids is 1. The molecule has 0 aliphatic carbocycles. The van der Waals surface area contributed by atoms with Crippen molar-refractivity contribution < 1.29 is 9.53 Å². The molecule has 1 aromatic heterocycles. The van der Waals surface area contributed by atoms with Crippen molar-refractivity contribution in [2.75, 3.05) is 32.8 Å². The summed E-state index contributed by atoms with van der Waals surface area (Å²) in [6.45, 7) is 7.70. The van der Waals surface area contributed by atoms with Crippen molar-refractivity contribution in [1.29, 1.82) is 0 Å². The monoisotopic (exact) mass is 297 g/mol. The number of ether oxygens (including phenoxy) is 1. The van der Waals surface area contributed by atoms with Gasteiger partial charge < -0.3 is 15.8 Å². The van der Waals surface area contributed by atoms with Crippen molar-refractivity contribution in [3.05, 3.63) is 21.9 Å². The molecule has 20 heavy (non-hydrogen) atoms. The number of nitrogens with one attached hydrogen (secondary N) is 1. The van der Waals surface area contributed by atoms with Gasteiger partial charge >= 0.3 is 0 Å².